The summed E-state index contributed by atoms with van der Waals surface area (Å²) in [5.41, 5.74) is 12.3. The second-order valence-corrected chi connectivity index (χ2v) is 13.6. The Labute approximate surface area is 287 Å². The Balaban J connectivity index is 1.33. The number of rotatable bonds is 15. The third-order valence-electron chi connectivity index (χ3n) is 8.64. The smallest absolute Gasteiger partial charge is 0.272 e. The number of carbonyl (C=O) groups excluding carboxylic acids is 2. The third kappa shape index (κ3) is 8.66. The zero-order valence-corrected chi connectivity index (χ0v) is 29.2. The van der Waals surface area contributed by atoms with Crippen molar-refractivity contribution in [3.8, 4) is 16.9 Å². The highest BCUT2D eigenvalue weighted by Crippen LogP contribution is 2.38. The van der Waals surface area contributed by atoms with Crippen molar-refractivity contribution in [2.75, 3.05) is 33.1 Å². The minimum Gasteiger partial charge on any atom is -0.494 e. The van der Waals surface area contributed by atoms with Crippen LogP contribution in [0.5, 0.6) is 5.75 Å². The van der Waals surface area contributed by atoms with Gasteiger partial charge in [0.2, 0.25) is 0 Å². The number of benzene rings is 1. The fraction of sp³-hybridized carbons (Fsp3) is 0.417. The predicted molar refractivity (Wildman–Crippen MR) is 194 cm³/mol. The van der Waals surface area contributed by atoms with E-state index in [1.54, 1.807) is 50.1 Å². The fourth-order valence-corrected chi connectivity index (χ4v) is 6.44. The van der Waals surface area contributed by atoms with E-state index in [1.807, 2.05) is 24.3 Å². The molecular weight excluding hydrogens is 625 g/mol. The van der Waals surface area contributed by atoms with Crippen molar-refractivity contribution in [3.05, 3.63) is 76.4 Å². The van der Waals surface area contributed by atoms with Gasteiger partial charge in [-0.25, -0.2) is 0 Å². The van der Waals surface area contributed by atoms with Crippen LogP contribution in [-0.2, 0) is 4.79 Å². The first-order chi connectivity index (χ1) is 23.1. The summed E-state index contributed by atoms with van der Waals surface area (Å²) in [6, 6.07) is 9.20. The number of para-hydroxylation sites is 1. The molecule has 0 bridgehead atoms. The summed E-state index contributed by atoms with van der Waals surface area (Å²) >= 11 is 1.71. The molecule has 1 aromatic carbocycles. The van der Waals surface area contributed by atoms with E-state index in [0.29, 0.717) is 41.0 Å². The molecule has 6 N–H and O–H groups in total. The van der Waals surface area contributed by atoms with Crippen LogP contribution in [-0.4, -0.2) is 66.4 Å². The number of aliphatic imine (C=N–C) groups is 1. The molecular formula is C36H46N8O3S. The van der Waals surface area contributed by atoms with Crippen LogP contribution in [0, 0.1) is 17.2 Å². The van der Waals surface area contributed by atoms with Crippen molar-refractivity contribution in [2.24, 2.45) is 22.6 Å². The van der Waals surface area contributed by atoms with E-state index >= 15 is 0 Å². The molecule has 254 valence electrons. The Morgan fingerprint density at radius 1 is 1.27 bits per heavy atom. The van der Waals surface area contributed by atoms with Gasteiger partial charge in [-0.2, -0.15) is 4.99 Å². The fourth-order valence-electron chi connectivity index (χ4n) is 5.41. The zero-order chi connectivity index (χ0) is 34.4. The molecule has 48 heavy (non-hydrogen) atoms. The van der Waals surface area contributed by atoms with Crippen LogP contribution in [0.2, 0.25) is 0 Å². The lowest BCUT2D eigenvalue weighted by molar-refractivity contribution is -0.118. The van der Waals surface area contributed by atoms with Gasteiger partial charge in [0.15, 0.2) is 0 Å². The first kappa shape index (κ1) is 34.7. The molecule has 2 fully saturated rings. The summed E-state index contributed by atoms with van der Waals surface area (Å²) in [5, 5.41) is 21.3. The summed E-state index contributed by atoms with van der Waals surface area (Å²) < 4.78 is 5.88. The molecule has 11 nitrogen and oxygen atoms in total. The number of likely N-dealkylation sites (N-methyl/N-ethyl adjacent to an activating group) is 1. The number of nitrogens with two attached hydrogens (primary N) is 1. The van der Waals surface area contributed by atoms with Gasteiger partial charge in [0, 0.05) is 49.1 Å². The van der Waals surface area contributed by atoms with Gasteiger partial charge in [0.05, 0.1) is 36.1 Å². The van der Waals surface area contributed by atoms with Gasteiger partial charge in [0.25, 0.3) is 11.8 Å². The average molecular weight is 671 g/mol. The number of carbonyl (C=O) groups is 2. The van der Waals surface area contributed by atoms with Crippen molar-refractivity contribution >= 4 is 40.8 Å². The maximum absolute atomic E-state index is 13.3. The number of nitrogens with one attached hydrogen (secondary N) is 4. The Kier molecular flexibility index (Phi) is 11.3. The Hall–Kier alpha value is -4.58. The van der Waals surface area contributed by atoms with Crippen molar-refractivity contribution in [2.45, 2.75) is 57.7 Å². The first-order valence-electron chi connectivity index (χ1n) is 16.5. The summed E-state index contributed by atoms with van der Waals surface area (Å²) in [4.78, 5) is 35.9. The predicted octanol–water partition coefficient (Wildman–Crippen LogP) is 5.65. The Bertz CT molecular complexity index is 1670. The van der Waals surface area contributed by atoms with E-state index in [2.05, 4.69) is 45.2 Å². The van der Waals surface area contributed by atoms with E-state index in [-0.39, 0.29) is 34.7 Å². The number of hydrogen-bond acceptors (Lipinski definition) is 9. The van der Waals surface area contributed by atoms with Crippen LogP contribution >= 0.6 is 11.8 Å². The second-order valence-electron chi connectivity index (χ2n) is 12.6. The number of hydrogen-bond donors (Lipinski definition) is 5. The van der Waals surface area contributed by atoms with Crippen molar-refractivity contribution in [3.63, 3.8) is 0 Å². The molecule has 1 aromatic heterocycles. The SMILES string of the molecule is CCC(C)CC1=CSC(CN(C)C(=O)c2ccc(-c3cccc(N/C(=C/C(N)=NC(=O)C4CC4)C(=N)C(NC)=C4CC4)c3OC)cn2)N1. The number of anilines is 1. The van der Waals surface area contributed by atoms with Crippen LogP contribution in [0.25, 0.3) is 11.1 Å². The molecule has 2 aromatic rings. The molecule has 2 amide bonds. The first-order valence-corrected chi connectivity index (χ1v) is 17.4. The Morgan fingerprint density at radius 2 is 2.04 bits per heavy atom. The van der Waals surface area contributed by atoms with E-state index in [1.165, 1.54) is 11.8 Å². The van der Waals surface area contributed by atoms with Crippen molar-refractivity contribution in [1.82, 2.24) is 20.5 Å². The van der Waals surface area contributed by atoms with Gasteiger partial charge in [-0.3, -0.25) is 20.0 Å². The topological polar surface area (TPSA) is 158 Å². The lowest BCUT2D eigenvalue weighted by atomic mass is 10.0. The van der Waals surface area contributed by atoms with Gasteiger partial charge in [-0.05, 0) is 61.1 Å². The molecule has 0 radical (unpaired) electrons. The zero-order valence-electron chi connectivity index (χ0n) is 28.4. The number of ether oxygens (including phenoxy) is 1. The lowest BCUT2D eigenvalue weighted by Gasteiger charge is -2.22. The van der Waals surface area contributed by atoms with Gasteiger partial charge in [-0.1, -0.05) is 38.5 Å². The van der Waals surface area contributed by atoms with Gasteiger partial charge in [-0.15, -0.1) is 11.8 Å². The molecule has 2 saturated carbocycles. The van der Waals surface area contributed by atoms with Crippen LogP contribution < -0.4 is 26.4 Å². The number of allylic oxidation sites excluding steroid dienone is 2. The molecule has 0 spiro atoms. The van der Waals surface area contributed by atoms with Gasteiger partial charge < -0.3 is 31.3 Å². The Morgan fingerprint density at radius 3 is 2.67 bits per heavy atom. The minimum absolute atomic E-state index is 0.0325. The maximum atomic E-state index is 13.3. The number of methoxy groups -OCH3 is 1. The molecule has 2 heterocycles. The normalized spacial score (nSPS) is 18.0. The van der Waals surface area contributed by atoms with Gasteiger partial charge in [0.1, 0.15) is 23.0 Å². The van der Waals surface area contributed by atoms with Crippen LogP contribution in [0.4, 0.5) is 5.69 Å². The van der Waals surface area contributed by atoms with Crippen molar-refractivity contribution in [1.29, 1.82) is 5.41 Å². The van der Waals surface area contributed by atoms with E-state index < -0.39 is 0 Å². The highest BCUT2D eigenvalue weighted by Gasteiger charge is 2.30. The maximum Gasteiger partial charge on any atom is 0.272 e. The molecule has 12 heteroatoms. The monoisotopic (exact) mass is 670 g/mol. The molecule has 2 aliphatic carbocycles. The molecule has 1 aliphatic heterocycles. The van der Waals surface area contributed by atoms with E-state index in [9.17, 15) is 9.59 Å². The number of thioether (sulfide) groups is 1. The van der Waals surface area contributed by atoms with Crippen LogP contribution in [0.3, 0.4) is 0 Å². The lowest BCUT2D eigenvalue weighted by Crippen LogP contribution is -2.38. The van der Waals surface area contributed by atoms with Crippen molar-refractivity contribution < 1.29 is 14.3 Å². The molecule has 2 unspecified atom stereocenters. The number of amidine groups is 1. The number of pyridine rings is 1. The third-order valence-corrected chi connectivity index (χ3v) is 9.65. The molecule has 2 atom stereocenters. The summed E-state index contributed by atoms with van der Waals surface area (Å²) in [7, 11) is 5.16. The molecule has 0 saturated heterocycles. The van der Waals surface area contributed by atoms with Crippen LogP contribution in [0.1, 0.15) is 62.9 Å². The largest absolute Gasteiger partial charge is 0.494 e. The highest BCUT2D eigenvalue weighted by atomic mass is 32.2. The molecule has 3 aliphatic rings. The quantitative estimate of drug-likeness (QED) is 0.119. The van der Waals surface area contributed by atoms with Crippen LogP contribution in [0.15, 0.2) is 75.7 Å². The van der Waals surface area contributed by atoms with E-state index in [4.69, 9.17) is 15.9 Å². The van der Waals surface area contributed by atoms with Gasteiger partial charge >= 0.3 is 0 Å². The number of nitrogens with zero attached hydrogens (tertiary/aromatic N) is 3. The average Bonchev–Trinajstić information content (AvgIpc) is 4.03. The summed E-state index contributed by atoms with van der Waals surface area (Å²) in [5.74, 6) is 0.722. The minimum atomic E-state index is -0.235. The number of amides is 2. The highest BCUT2D eigenvalue weighted by molar-refractivity contribution is 8.03. The standard InChI is InChI=1S/C36H46N8O3S/c1-6-21(2)16-25-20-48-31(41-25)19-44(4)36(46)28-15-14-24(18-40-28)26-8-7-9-27(34(26)47-5)42-29(32(38)33(39-3)22-10-11-22)17-30(37)43-35(45)23-12-13-23/h7-9,14-15,17-18,20-21,23,31,38-39,41-42H,6,10-13,16,19H2,1-5H3,(H2,37,43,45)/b29-17+,38-32?. The molecule has 5 rings (SSSR count). The summed E-state index contributed by atoms with van der Waals surface area (Å²) in [6.07, 6.45) is 8.83. The number of aromatic nitrogens is 1. The van der Waals surface area contributed by atoms with E-state index in [0.717, 1.165) is 55.2 Å². The summed E-state index contributed by atoms with van der Waals surface area (Å²) in [6.45, 7) is 4.99. The second kappa shape index (κ2) is 15.5.